The Balaban J connectivity index is 1.97. The van der Waals surface area contributed by atoms with E-state index in [1.165, 1.54) is 0 Å². The van der Waals surface area contributed by atoms with E-state index in [1.807, 2.05) is 30.3 Å². The Morgan fingerprint density at radius 3 is 2.75 bits per heavy atom. The van der Waals surface area contributed by atoms with Crippen molar-refractivity contribution in [2.45, 2.75) is 3.77 Å². The van der Waals surface area contributed by atoms with Crippen LogP contribution >= 0.6 is 0 Å². The molecule has 2 aromatic rings. The van der Waals surface area contributed by atoms with Gasteiger partial charge in [0.25, 0.3) is 0 Å². The fraction of sp³-hybridized carbons (Fsp3) is 0.250. The van der Waals surface area contributed by atoms with Crippen molar-refractivity contribution >= 4 is 30.5 Å². The van der Waals surface area contributed by atoms with E-state index in [0.29, 0.717) is 22.6 Å². The molecule has 1 aromatic carbocycles. The third-order valence-electron chi connectivity index (χ3n) is 2.75. The molecule has 2 heterocycles. The molecular weight excluding hydrogens is 345 g/mol. The van der Waals surface area contributed by atoms with Crippen LogP contribution in [-0.2, 0) is 14.6 Å². The van der Waals surface area contributed by atoms with E-state index >= 15 is 0 Å². The fourth-order valence-corrected chi connectivity index (χ4v) is 5.24. The topological polar surface area (TPSA) is 81.5 Å². The van der Waals surface area contributed by atoms with E-state index in [-0.39, 0.29) is 11.7 Å². The summed E-state index contributed by atoms with van der Waals surface area (Å²) in [4.78, 5) is 4.03. The predicted molar refractivity (Wildman–Crippen MR) is 74.7 cm³/mol. The van der Waals surface area contributed by atoms with Gasteiger partial charge in [-0.1, -0.05) is 0 Å². The number of aromatic nitrogens is 2. The second-order valence-electron chi connectivity index (χ2n) is 4.16. The summed E-state index contributed by atoms with van der Waals surface area (Å²) < 4.78 is 34.3. The van der Waals surface area contributed by atoms with Gasteiger partial charge in [0, 0.05) is 0 Å². The van der Waals surface area contributed by atoms with E-state index < -0.39 is 24.6 Å². The van der Waals surface area contributed by atoms with Crippen molar-refractivity contribution < 1.29 is 13.2 Å². The average Bonchev–Trinajstić information content (AvgIpc) is 3.09. The van der Waals surface area contributed by atoms with Gasteiger partial charge in [0.15, 0.2) is 0 Å². The SMILES string of the molecule is O=S(=O)(CC1=NCCO1)c1[se]nnc1-c1ccccc1. The van der Waals surface area contributed by atoms with Crippen LogP contribution in [0.15, 0.2) is 39.1 Å². The number of hydrogen-bond acceptors (Lipinski definition) is 6. The van der Waals surface area contributed by atoms with Crippen LogP contribution in [0.1, 0.15) is 0 Å². The number of aliphatic imine (C=N–C) groups is 1. The molecule has 3 rings (SSSR count). The first-order valence-corrected chi connectivity index (χ1v) is 9.21. The molecule has 0 fully saturated rings. The molecular formula is C12H11N3O3SSe. The fourth-order valence-electron chi connectivity index (χ4n) is 1.85. The minimum absolute atomic E-state index is 0.203. The standard InChI is InChI=1S/C12H11N3O3SSe/c16-19(17,8-10-13-6-7-18-10)12-11(14-15-20-12)9-4-2-1-3-5-9/h1-5H,6-8H2. The first-order chi connectivity index (χ1) is 9.67. The zero-order chi connectivity index (χ0) is 14.0. The zero-order valence-electron chi connectivity index (χ0n) is 10.4. The predicted octanol–water partition coefficient (Wildman–Crippen LogP) is 0.403. The maximum absolute atomic E-state index is 12.4. The summed E-state index contributed by atoms with van der Waals surface area (Å²) in [6.07, 6.45) is 0. The summed E-state index contributed by atoms with van der Waals surface area (Å²) >= 11 is -0.511. The molecule has 0 bridgehead atoms. The normalized spacial score (nSPS) is 14.9. The van der Waals surface area contributed by atoms with Crippen LogP contribution in [0.4, 0.5) is 0 Å². The van der Waals surface area contributed by atoms with Crippen molar-refractivity contribution in [3.63, 3.8) is 0 Å². The van der Waals surface area contributed by atoms with Crippen molar-refractivity contribution in [3.05, 3.63) is 30.3 Å². The zero-order valence-corrected chi connectivity index (χ0v) is 12.9. The van der Waals surface area contributed by atoms with Crippen molar-refractivity contribution in [1.82, 2.24) is 9.19 Å². The maximum atomic E-state index is 12.4. The van der Waals surface area contributed by atoms with Gasteiger partial charge >= 0.3 is 122 Å². The quantitative estimate of drug-likeness (QED) is 0.741. The number of sulfone groups is 1. The van der Waals surface area contributed by atoms with Crippen LogP contribution in [-0.4, -0.2) is 57.1 Å². The number of nitrogens with zero attached hydrogens (tertiary/aromatic N) is 3. The Kier molecular flexibility index (Phi) is 3.69. The molecule has 0 saturated carbocycles. The third kappa shape index (κ3) is 2.67. The summed E-state index contributed by atoms with van der Waals surface area (Å²) in [7, 11) is -3.48. The van der Waals surface area contributed by atoms with Crippen LogP contribution in [0.2, 0.25) is 0 Å². The Bertz CT molecular complexity index is 740. The summed E-state index contributed by atoms with van der Waals surface area (Å²) in [6.45, 7) is 0.977. The van der Waals surface area contributed by atoms with Gasteiger partial charge in [0.2, 0.25) is 0 Å². The molecule has 0 amide bonds. The second kappa shape index (κ2) is 5.47. The summed E-state index contributed by atoms with van der Waals surface area (Å²) in [6, 6.07) is 9.22. The molecule has 0 radical (unpaired) electrons. The van der Waals surface area contributed by atoms with Crippen LogP contribution in [0, 0.1) is 0 Å². The molecule has 0 N–H and O–H groups in total. The van der Waals surface area contributed by atoms with Gasteiger partial charge in [0.1, 0.15) is 0 Å². The first kappa shape index (κ1) is 13.5. The molecule has 8 heteroatoms. The molecule has 104 valence electrons. The van der Waals surface area contributed by atoms with Crippen LogP contribution < -0.4 is 0 Å². The molecule has 0 spiro atoms. The van der Waals surface area contributed by atoms with Crippen LogP contribution in [0.3, 0.4) is 0 Å². The average molecular weight is 356 g/mol. The number of rotatable bonds is 4. The van der Waals surface area contributed by atoms with E-state index in [2.05, 4.69) is 14.2 Å². The van der Waals surface area contributed by atoms with E-state index in [1.54, 1.807) is 0 Å². The molecule has 1 aliphatic rings. The molecule has 0 aliphatic carbocycles. The van der Waals surface area contributed by atoms with Crippen molar-refractivity contribution in [3.8, 4) is 11.3 Å². The molecule has 6 nitrogen and oxygen atoms in total. The van der Waals surface area contributed by atoms with Gasteiger partial charge < -0.3 is 0 Å². The van der Waals surface area contributed by atoms with Crippen molar-refractivity contribution in [2.24, 2.45) is 4.99 Å². The summed E-state index contributed by atoms with van der Waals surface area (Å²) in [5, 5.41) is 4.00. The van der Waals surface area contributed by atoms with Gasteiger partial charge in [-0.25, -0.2) is 0 Å². The number of hydrogen-bond donors (Lipinski definition) is 0. The Morgan fingerprint density at radius 2 is 2.05 bits per heavy atom. The van der Waals surface area contributed by atoms with Crippen molar-refractivity contribution in [2.75, 3.05) is 18.9 Å². The van der Waals surface area contributed by atoms with Gasteiger partial charge in [0.05, 0.1) is 0 Å². The molecule has 0 unspecified atom stereocenters. The van der Waals surface area contributed by atoms with E-state index in [4.69, 9.17) is 4.74 Å². The van der Waals surface area contributed by atoms with Gasteiger partial charge in [-0.2, -0.15) is 0 Å². The van der Waals surface area contributed by atoms with E-state index in [0.717, 1.165) is 5.56 Å². The molecule has 20 heavy (non-hydrogen) atoms. The Morgan fingerprint density at radius 1 is 1.25 bits per heavy atom. The van der Waals surface area contributed by atoms with Crippen LogP contribution in [0.25, 0.3) is 11.3 Å². The summed E-state index contributed by atoms with van der Waals surface area (Å²) in [5.74, 6) is 0.0819. The Hall–Kier alpha value is -1.50. The van der Waals surface area contributed by atoms with Gasteiger partial charge in [-0.05, 0) is 0 Å². The number of ether oxygens (including phenoxy) is 1. The third-order valence-corrected chi connectivity index (χ3v) is 7.22. The number of benzene rings is 1. The minimum atomic E-state index is -3.48. The second-order valence-corrected chi connectivity index (χ2v) is 8.25. The molecule has 1 aromatic heterocycles. The molecule has 1 aliphatic heterocycles. The Labute approximate surface area is 122 Å². The van der Waals surface area contributed by atoms with Gasteiger partial charge in [-0.15, -0.1) is 0 Å². The molecule has 0 atom stereocenters. The van der Waals surface area contributed by atoms with Gasteiger partial charge in [-0.3, -0.25) is 0 Å². The summed E-state index contributed by atoms with van der Waals surface area (Å²) in [5.41, 5.74) is 1.22. The molecule has 0 saturated heterocycles. The van der Waals surface area contributed by atoms with Crippen LogP contribution in [0.5, 0.6) is 0 Å². The van der Waals surface area contributed by atoms with Crippen molar-refractivity contribution in [1.29, 1.82) is 0 Å². The first-order valence-electron chi connectivity index (χ1n) is 5.93. The monoisotopic (exact) mass is 357 g/mol. The van der Waals surface area contributed by atoms with E-state index in [9.17, 15) is 8.42 Å².